The van der Waals surface area contributed by atoms with Crippen molar-refractivity contribution in [1.29, 1.82) is 0 Å². The lowest BCUT2D eigenvalue weighted by Crippen LogP contribution is -2.24. The quantitative estimate of drug-likeness (QED) is 0.497. The van der Waals surface area contributed by atoms with E-state index in [0.29, 0.717) is 17.2 Å². The highest BCUT2D eigenvalue weighted by atomic mass is 32.2. The lowest BCUT2D eigenvalue weighted by molar-refractivity contribution is -0.115. The number of thioether (sulfide) groups is 1. The van der Waals surface area contributed by atoms with Gasteiger partial charge in [-0.2, -0.15) is 0 Å². The van der Waals surface area contributed by atoms with Crippen molar-refractivity contribution in [1.82, 2.24) is 4.98 Å². The van der Waals surface area contributed by atoms with Crippen LogP contribution in [0.1, 0.15) is 29.4 Å². The number of aryl methyl sites for hydroxylation is 1. The number of aromatic nitrogens is 1. The molecule has 1 unspecified atom stereocenters. The molecular formula is C21H20FN3O2S2. The number of rotatable bonds is 7. The second-order valence-electron chi connectivity index (χ2n) is 6.26. The van der Waals surface area contributed by atoms with Crippen molar-refractivity contribution in [3.63, 3.8) is 0 Å². The fourth-order valence-corrected chi connectivity index (χ4v) is 4.28. The molecule has 1 heterocycles. The van der Waals surface area contributed by atoms with Crippen LogP contribution in [-0.2, 0) is 4.79 Å². The Balaban J connectivity index is 1.67. The molecule has 1 atom stereocenters. The van der Waals surface area contributed by atoms with Gasteiger partial charge in [0.25, 0.3) is 5.91 Å². The summed E-state index contributed by atoms with van der Waals surface area (Å²) in [5.41, 5.74) is 1.38. The first kappa shape index (κ1) is 21.0. The molecule has 8 heteroatoms. The van der Waals surface area contributed by atoms with Crippen molar-refractivity contribution in [2.75, 3.05) is 10.6 Å². The molecule has 0 saturated heterocycles. The van der Waals surface area contributed by atoms with E-state index in [1.165, 1.54) is 41.3 Å². The normalized spacial score (nSPS) is 11.7. The molecule has 0 aliphatic rings. The average molecular weight is 430 g/mol. The smallest absolute Gasteiger partial charge is 0.258 e. The first-order valence-electron chi connectivity index (χ1n) is 9.02. The molecule has 0 bridgehead atoms. The number of carbonyl (C=O) groups is 2. The van der Waals surface area contributed by atoms with Crippen molar-refractivity contribution in [2.24, 2.45) is 0 Å². The predicted octanol–water partition coefficient (Wildman–Crippen LogP) is 5.35. The Morgan fingerprint density at radius 3 is 2.66 bits per heavy atom. The third kappa shape index (κ3) is 5.65. The summed E-state index contributed by atoms with van der Waals surface area (Å²) in [6, 6.07) is 13.0. The fraction of sp³-hybridized carbons (Fsp3) is 0.190. The standard InChI is InChI=1S/C21H20FN3O2S2/c1-3-18(20(27)25-21-23-13(2)12-28-21)29-15-8-6-7-14(11-15)24-19(26)16-9-4-5-10-17(16)22/h4-12,18H,3H2,1-2H3,(H,24,26)(H,23,25,27). The highest BCUT2D eigenvalue weighted by Crippen LogP contribution is 2.29. The Kier molecular flexibility index (Phi) is 7.00. The molecular weight excluding hydrogens is 409 g/mol. The zero-order valence-corrected chi connectivity index (χ0v) is 17.6. The zero-order chi connectivity index (χ0) is 20.8. The van der Waals surface area contributed by atoms with Gasteiger partial charge in [0.2, 0.25) is 5.91 Å². The highest BCUT2D eigenvalue weighted by Gasteiger charge is 2.19. The van der Waals surface area contributed by atoms with Gasteiger partial charge in [-0.1, -0.05) is 25.1 Å². The van der Waals surface area contributed by atoms with Gasteiger partial charge in [0.15, 0.2) is 5.13 Å². The second kappa shape index (κ2) is 9.67. The maximum absolute atomic E-state index is 13.8. The van der Waals surface area contributed by atoms with Gasteiger partial charge >= 0.3 is 0 Å². The van der Waals surface area contributed by atoms with Crippen LogP contribution in [0.3, 0.4) is 0 Å². The molecule has 0 spiro atoms. The number of amides is 2. The Hall–Kier alpha value is -2.71. The number of thiazole rings is 1. The van der Waals surface area contributed by atoms with Crippen molar-refractivity contribution >= 4 is 45.7 Å². The van der Waals surface area contributed by atoms with Gasteiger partial charge in [-0.15, -0.1) is 23.1 Å². The van der Waals surface area contributed by atoms with Crippen LogP contribution in [0, 0.1) is 12.7 Å². The van der Waals surface area contributed by atoms with E-state index in [1.54, 1.807) is 24.3 Å². The van der Waals surface area contributed by atoms with Gasteiger partial charge in [-0.05, 0) is 43.7 Å². The number of hydrogen-bond donors (Lipinski definition) is 2. The number of hydrogen-bond acceptors (Lipinski definition) is 5. The van der Waals surface area contributed by atoms with Gasteiger partial charge in [0.1, 0.15) is 5.82 Å². The average Bonchev–Trinajstić information content (AvgIpc) is 3.11. The summed E-state index contributed by atoms with van der Waals surface area (Å²) in [4.78, 5) is 30.0. The van der Waals surface area contributed by atoms with Crippen LogP contribution in [-0.4, -0.2) is 22.0 Å². The van der Waals surface area contributed by atoms with Crippen molar-refractivity contribution in [3.8, 4) is 0 Å². The van der Waals surface area contributed by atoms with Gasteiger partial charge in [-0.3, -0.25) is 9.59 Å². The number of benzene rings is 2. The molecule has 2 N–H and O–H groups in total. The molecule has 2 aromatic carbocycles. The van der Waals surface area contributed by atoms with Gasteiger partial charge in [0, 0.05) is 16.0 Å². The number of nitrogens with zero attached hydrogens (tertiary/aromatic N) is 1. The van der Waals surface area contributed by atoms with Gasteiger partial charge in [0.05, 0.1) is 16.5 Å². The molecule has 0 aliphatic carbocycles. The SMILES string of the molecule is CCC(Sc1cccc(NC(=O)c2ccccc2F)c1)C(=O)Nc1nc(C)cs1. The van der Waals surface area contributed by atoms with E-state index in [4.69, 9.17) is 0 Å². The highest BCUT2D eigenvalue weighted by molar-refractivity contribution is 8.00. The van der Waals surface area contributed by atoms with E-state index in [2.05, 4.69) is 15.6 Å². The van der Waals surface area contributed by atoms with Crippen LogP contribution in [0.25, 0.3) is 0 Å². The van der Waals surface area contributed by atoms with Crippen molar-refractivity contribution in [2.45, 2.75) is 30.4 Å². The Bertz CT molecular complexity index is 1020. The minimum atomic E-state index is -0.573. The predicted molar refractivity (Wildman–Crippen MR) is 116 cm³/mol. The molecule has 3 rings (SSSR count). The maximum Gasteiger partial charge on any atom is 0.258 e. The van der Waals surface area contributed by atoms with Gasteiger partial charge in [-0.25, -0.2) is 9.37 Å². The summed E-state index contributed by atoms with van der Waals surface area (Å²) >= 11 is 2.79. The summed E-state index contributed by atoms with van der Waals surface area (Å²) in [5, 5.41) is 7.70. The van der Waals surface area contributed by atoms with E-state index in [9.17, 15) is 14.0 Å². The summed E-state index contributed by atoms with van der Waals surface area (Å²) in [7, 11) is 0. The second-order valence-corrected chi connectivity index (χ2v) is 8.39. The van der Waals surface area contributed by atoms with E-state index < -0.39 is 11.7 Å². The van der Waals surface area contributed by atoms with Crippen LogP contribution >= 0.6 is 23.1 Å². The van der Waals surface area contributed by atoms with Crippen LogP contribution in [0.5, 0.6) is 0 Å². The molecule has 2 amide bonds. The maximum atomic E-state index is 13.8. The molecule has 0 radical (unpaired) electrons. The number of anilines is 2. The largest absolute Gasteiger partial charge is 0.322 e. The van der Waals surface area contributed by atoms with Crippen molar-refractivity contribution in [3.05, 3.63) is 71.0 Å². The summed E-state index contributed by atoms with van der Waals surface area (Å²) in [5.74, 6) is -1.21. The Morgan fingerprint density at radius 1 is 1.17 bits per heavy atom. The molecule has 29 heavy (non-hydrogen) atoms. The van der Waals surface area contributed by atoms with Crippen molar-refractivity contribution < 1.29 is 14.0 Å². The summed E-state index contributed by atoms with van der Waals surface area (Å²) in [6.07, 6.45) is 0.632. The lowest BCUT2D eigenvalue weighted by Gasteiger charge is -2.14. The zero-order valence-electron chi connectivity index (χ0n) is 15.9. The Labute approximate surface area is 176 Å². The van der Waals surface area contributed by atoms with Gasteiger partial charge < -0.3 is 10.6 Å². The summed E-state index contributed by atoms with van der Waals surface area (Å²) < 4.78 is 13.8. The van der Waals surface area contributed by atoms with E-state index >= 15 is 0 Å². The van der Waals surface area contributed by atoms with Crippen LogP contribution in [0.15, 0.2) is 58.8 Å². The van der Waals surface area contributed by atoms with Crippen LogP contribution in [0.4, 0.5) is 15.2 Å². The third-order valence-corrected chi connectivity index (χ3v) is 6.23. The molecule has 0 fully saturated rings. The fourth-order valence-electron chi connectivity index (χ4n) is 2.57. The van der Waals surface area contributed by atoms with E-state index in [-0.39, 0.29) is 16.7 Å². The molecule has 1 aromatic heterocycles. The first-order chi connectivity index (χ1) is 14.0. The number of halogens is 1. The topological polar surface area (TPSA) is 71.1 Å². The van der Waals surface area contributed by atoms with E-state index in [0.717, 1.165) is 10.6 Å². The number of nitrogens with one attached hydrogen (secondary N) is 2. The molecule has 150 valence electrons. The number of carbonyl (C=O) groups excluding carboxylic acids is 2. The molecule has 0 aliphatic heterocycles. The Morgan fingerprint density at radius 2 is 1.97 bits per heavy atom. The minimum Gasteiger partial charge on any atom is -0.322 e. The first-order valence-corrected chi connectivity index (χ1v) is 10.8. The minimum absolute atomic E-state index is 0.0184. The van der Waals surface area contributed by atoms with E-state index in [1.807, 2.05) is 25.3 Å². The lowest BCUT2D eigenvalue weighted by atomic mass is 10.2. The molecule has 3 aromatic rings. The van der Waals surface area contributed by atoms with Crippen LogP contribution < -0.4 is 10.6 Å². The molecule has 0 saturated carbocycles. The monoisotopic (exact) mass is 429 g/mol. The molecule has 5 nitrogen and oxygen atoms in total. The van der Waals surface area contributed by atoms with Crippen LogP contribution in [0.2, 0.25) is 0 Å². The summed E-state index contributed by atoms with van der Waals surface area (Å²) in [6.45, 7) is 3.81. The third-order valence-electron chi connectivity index (χ3n) is 4.00.